The SMILES string of the molecule is CCOCc1cn(CC(=O)NC(Cc2cc(F)cc(F)c2)c2ncccc2-c2ccc(F)c(C(N)=O)c2)nc1C(F)(F)F. The third kappa shape index (κ3) is 7.77. The predicted molar refractivity (Wildman–Crippen MR) is 142 cm³/mol. The first-order valence-electron chi connectivity index (χ1n) is 12.9. The molecule has 0 bridgehead atoms. The van der Waals surface area contributed by atoms with Crippen molar-refractivity contribution >= 4 is 11.8 Å². The fourth-order valence-electron chi connectivity index (χ4n) is 4.49. The van der Waals surface area contributed by atoms with E-state index in [2.05, 4.69) is 15.4 Å². The number of nitrogens with one attached hydrogen (secondary N) is 1. The smallest absolute Gasteiger partial charge is 0.377 e. The highest BCUT2D eigenvalue weighted by atomic mass is 19.4. The van der Waals surface area contributed by atoms with Gasteiger partial charge in [-0.05, 0) is 54.8 Å². The average Bonchev–Trinajstić information content (AvgIpc) is 3.34. The molecule has 43 heavy (non-hydrogen) atoms. The second-order valence-electron chi connectivity index (χ2n) is 9.43. The number of hydrogen-bond donors (Lipinski definition) is 2. The first-order valence-corrected chi connectivity index (χ1v) is 12.9. The Morgan fingerprint density at radius 1 is 1.07 bits per heavy atom. The summed E-state index contributed by atoms with van der Waals surface area (Å²) >= 11 is 0. The number of aromatic nitrogens is 3. The van der Waals surface area contributed by atoms with Crippen molar-refractivity contribution in [3.05, 3.63) is 106 Å². The summed E-state index contributed by atoms with van der Waals surface area (Å²) in [7, 11) is 0. The van der Waals surface area contributed by atoms with E-state index in [9.17, 15) is 35.9 Å². The van der Waals surface area contributed by atoms with Crippen molar-refractivity contribution in [1.29, 1.82) is 0 Å². The van der Waals surface area contributed by atoms with Gasteiger partial charge in [0, 0.05) is 36.2 Å². The van der Waals surface area contributed by atoms with E-state index in [4.69, 9.17) is 10.5 Å². The van der Waals surface area contributed by atoms with Crippen LogP contribution in [-0.4, -0.2) is 33.2 Å². The summed E-state index contributed by atoms with van der Waals surface area (Å²) in [6.45, 7) is 0.756. The average molecular weight is 606 g/mol. The van der Waals surface area contributed by atoms with Crippen LogP contribution in [0.3, 0.4) is 0 Å². The highest BCUT2D eigenvalue weighted by molar-refractivity contribution is 5.94. The number of ether oxygens (including phenoxy) is 1. The number of benzene rings is 2. The van der Waals surface area contributed by atoms with Crippen LogP contribution in [0.5, 0.6) is 0 Å². The zero-order chi connectivity index (χ0) is 31.3. The van der Waals surface area contributed by atoms with E-state index in [1.807, 2.05) is 0 Å². The second-order valence-corrected chi connectivity index (χ2v) is 9.43. The van der Waals surface area contributed by atoms with Gasteiger partial charge in [-0.25, -0.2) is 13.2 Å². The molecule has 0 aliphatic rings. The van der Waals surface area contributed by atoms with Gasteiger partial charge >= 0.3 is 6.18 Å². The van der Waals surface area contributed by atoms with E-state index in [1.165, 1.54) is 24.4 Å². The first-order chi connectivity index (χ1) is 20.3. The van der Waals surface area contributed by atoms with Crippen LogP contribution in [0, 0.1) is 17.5 Å². The molecule has 0 fully saturated rings. The van der Waals surface area contributed by atoms with Crippen molar-refractivity contribution in [2.24, 2.45) is 5.73 Å². The van der Waals surface area contributed by atoms with E-state index in [0.29, 0.717) is 17.2 Å². The minimum atomic E-state index is -4.79. The van der Waals surface area contributed by atoms with Gasteiger partial charge in [0.05, 0.1) is 23.9 Å². The number of carbonyl (C=O) groups excluding carboxylic acids is 2. The van der Waals surface area contributed by atoms with Crippen LogP contribution in [0.2, 0.25) is 0 Å². The Morgan fingerprint density at radius 2 is 1.79 bits per heavy atom. The number of hydrogen-bond acceptors (Lipinski definition) is 5. The molecule has 2 heterocycles. The highest BCUT2D eigenvalue weighted by Gasteiger charge is 2.37. The van der Waals surface area contributed by atoms with Crippen molar-refractivity contribution in [2.75, 3.05) is 6.61 Å². The molecule has 0 spiro atoms. The molecule has 0 radical (unpaired) electrons. The van der Waals surface area contributed by atoms with Crippen molar-refractivity contribution in [3.8, 4) is 11.1 Å². The van der Waals surface area contributed by atoms with E-state index >= 15 is 0 Å². The van der Waals surface area contributed by atoms with Gasteiger partial charge in [-0.1, -0.05) is 12.1 Å². The molecule has 2 aromatic carbocycles. The Kier molecular flexibility index (Phi) is 9.49. The van der Waals surface area contributed by atoms with Crippen LogP contribution in [0.25, 0.3) is 11.1 Å². The van der Waals surface area contributed by atoms with E-state index in [1.54, 1.807) is 13.0 Å². The summed E-state index contributed by atoms with van der Waals surface area (Å²) in [5, 5.41) is 6.17. The Bertz CT molecular complexity index is 1620. The van der Waals surface area contributed by atoms with Gasteiger partial charge in [-0.15, -0.1) is 0 Å². The van der Waals surface area contributed by atoms with Crippen LogP contribution in [0.15, 0.2) is 60.9 Å². The van der Waals surface area contributed by atoms with Gasteiger partial charge in [0.2, 0.25) is 5.91 Å². The molecule has 0 saturated heterocycles. The maximum atomic E-state index is 14.2. The summed E-state index contributed by atoms with van der Waals surface area (Å²) in [6.07, 6.45) is -2.56. The van der Waals surface area contributed by atoms with Crippen molar-refractivity contribution in [3.63, 3.8) is 0 Å². The van der Waals surface area contributed by atoms with Crippen LogP contribution >= 0.6 is 0 Å². The maximum Gasteiger partial charge on any atom is 0.435 e. The van der Waals surface area contributed by atoms with Crippen molar-refractivity contribution < 1.29 is 40.7 Å². The number of nitrogens with two attached hydrogens (primary N) is 1. The fourth-order valence-corrected chi connectivity index (χ4v) is 4.49. The Balaban J connectivity index is 1.71. The van der Waals surface area contributed by atoms with Gasteiger partial charge in [-0.3, -0.25) is 19.3 Å². The largest absolute Gasteiger partial charge is 0.435 e. The summed E-state index contributed by atoms with van der Waals surface area (Å²) in [4.78, 5) is 29.3. The first kappa shape index (κ1) is 31.2. The second kappa shape index (κ2) is 13.1. The zero-order valence-electron chi connectivity index (χ0n) is 22.6. The molecule has 14 heteroatoms. The normalized spacial score (nSPS) is 12.3. The summed E-state index contributed by atoms with van der Waals surface area (Å²) in [6, 6.07) is 8.36. The minimum absolute atomic E-state index is 0.133. The Morgan fingerprint density at radius 3 is 2.44 bits per heavy atom. The maximum absolute atomic E-state index is 14.2. The zero-order valence-corrected chi connectivity index (χ0v) is 22.6. The quantitative estimate of drug-likeness (QED) is 0.231. The molecule has 1 unspecified atom stereocenters. The van der Waals surface area contributed by atoms with Gasteiger partial charge in [0.1, 0.15) is 24.0 Å². The minimum Gasteiger partial charge on any atom is -0.377 e. The van der Waals surface area contributed by atoms with Crippen molar-refractivity contribution in [2.45, 2.75) is 38.7 Å². The standard InChI is InChI=1S/C29H25F6N5O3/c1-2-43-15-18-13-40(39-27(18)29(33,34)35)14-25(41)38-24(10-16-8-19(30)12-20(31)9-16)26-21(4-3-7-37-26)17-5-6-23(32)22(11-17)28(36)42/h3-9,11-13,24H,2,10,14-15H2,1H3,(H2,36,42)(H,38,41). The molecule has 4 aromatic rings. The fraction of sp³-hybridized carbons (Fsp3) is 0.241. The van der Waals surface area contributed by atoms with Gasteiger partial charge < -0.3 is 15.8 Å². The lowest BCUT2D eigenvalue weighted by Crippen LogP contribution is -2.34. The summed E-state index contributed by atoms with van der Waals surface area (Å²) in [5.74, 6) is -4.42. The van der Waals surface area contributed by atoms with Crippen LogP contribution < -0.4 is 11.1 Å². The van der Waals surface area contributed by atoms with E-state index in [0.717, 1.165) is 29.1 Å². The number of primary amides is 1. The monoisotopic (exact) mass is 605 g/mol. The molecule has 2 aromatic heterocycles. The Labute approximate surface area is 241 Å². The molecule has 2 amide bonds. The number of rotatable bonds is 11. The molecule has 1 atom stereocenters. The molecular formula is C29H25F6N5O3. The highest BCUT2D eigenvalue weighted by Crippen LogP contribution is 2.32. The number of pyridine rings is 1. The summed E-state index contributed by atoms with van der Waals surface area (Å²) < 4.78 is 88.7. The number of carbonyl (C=O) groups is 2. The third-order valence-corrected chi connectivity index (χ3v) is 6.28. The number of nitrogens with zero attached hydrogens (tertiary/aromatic N) is 3. The summed E-state index contributed by atoms with van der Waals surface area (Å²) in [5.41, 5.74) is 4.34. The lowest BCUT2D eigenvalue weighted by molar-refractivity contribution is -0.143. The molecule has 8 nitrogen and oxygen atoms in total. The van der Waals surface area contributed by atoms with Gasteiger partial charge in [0.25, 0.3) is 5.91 Å². The molecule has 0 aliphatic carbocycles. The number of alkyl halides is 3. The van der Waals surface area contributed by atoms with Crippen LogP contribution in [0.1, 0.15) is 45.8 Å². The predicted octanol–water partition coefficient (Wildman–Crippen LogP) is 5.12. The van der Waals surface area contributed by atoms with Gasteiger partial charge in [0.15, 0.2) is 5.69 Å². The molecule has 226 valence electrons. The van der Waals surface area contributed by atoms with E-state index < -0.39 is 59.3 Å². The molecule has 0 saturated carbocycles. The molecule has 4 rings (SSSR count). The Hall–Kier alpha value is -4.72. The van der Waals surface area contributed by atoms with Gasteiger partial charge in [-0.2, -0.15) is 18.3 Å². The van der Waals surface area contributed by atoms with E-state index in [-0.39, 0.29) is 36.5 Å². The van der Waals surface area contributed by atoms with Crippen LogP contribution in [0.4, 0.5) is 26.3 Å². The molecule has 3 N–H and O–H groups in total. The van der Waals surface area contributed by atoms with Crippen molar-refractivity contribution in [1.82, 2.24) is 20.1 Å². The number of halogens is 6. The van der Waals surface area contributed by atoms with Crippen LogP contribution in [-0.2, 0) is 35.3 Å². The molecular weight excluding hydrogens is 580 g/mol. The topological polar surface area (TPSA) is 112 Å². The lowest BCUT2D eigenvalue weighted by Gasteiger charge is -2.22. The number of amides is 2. The third-order valence-electron chi connectivity index (χ3n) is 6.28. The lowest BCUT2D eigenvalue weighted by atomic mass is 9.94. The molecule has 0 aliphatic heterocycles.